The van der Waals surface area contributed by atoms with Gasteiger partial charge in [0.25, 0.3) is 0 Å². The first-order valence-electron chi connectivity index (χ1n) is 5.33. The van der Waals surface area contributed by atoms with E-state index in [1.54, 1.807) is 7.05 Å². The van der Waals surface area contributed by atoms with Crippen LogP contribution in [0, 0.1) is 23.2 Å². The first-order valence-corrected chi connectivity index (χ1v) is 5.33. The molecule has 3 rings (SSSR count). The second kappa shape index (κ2) is 2.60. The molecule has 1 unspecified atom stereocenters. The van der Waals surface area contributed by atoms with E-state index in [1.807, 2.05) is 18.2 Å². The largest absolute Gasteiger partial charge is 0.358 e. The van der Waals surface area contributed by atoms with E-state index in [4.69, 9.17) is 0 Å². The molecule has 15 heavy (non-hydrogen) atoms. The SMILES string of the molecule is CNC(=O)C12C(=O)C[C@@H]3C=CC=C[C@H]1[C@@H]32. The second-order valence-corrected chi connectivity index (χ2v) is 4.56. The highest BCUT2D eigenvalue weighted by atomic mass is 16.2. The summed E-state index contributed by atoms with van der Waals surface area (Å²) in [4.78, 5) is 23.8. The second-order valence-electron chi connectivity index (χ2n) is 4.56. The number of carbonyl (C=O) groups is 2. The number of rotatable bonds is 1. The Hall–Kier alpha value is -1.38. The van der Waals surface area contributed by atoms with Crippen molar-refractivity contribution in [1.82, 2.24) is 5.32 Å². The normalized spacial score (nSPS) is 44.9. The highest BCUT2D eigenvalue weighted by molar-refractivity contribution is 6.12. The van der Waals surface area contributed by atoms with Crippen molar-refractivity contribution in [1.29, 1.82) is 0 Å². The number of fused-ring (bicyclic) bond motifs is 1. The molecule has 4 atom stereocenters. The van der Waals surface area contributed by atoms with Crippen molar-refractivity contribution in [2.45, 2.75) is 6.42 Å². The van der Waals surface area contributed by atoms with Crippen LogP contribution in [0.15, 0.2) is 24.3 Å². The van der Waals surface area contributed by atoms with E-state index < -0.39 is 5.41 Å². The molecule has 78 valence electrons. The minimum Gasteiger partial charge on any atom is -0.358 e. The van der Waals surface area contributed by atoms with E-state index >= 15 is 0 Å². The van der Waals surface area contributed by atoms with Gasteiger partial charge in [0.15, 0.2) is 0 Å². The maximum atomic E-state index is 12.0. The zero-order chi connectivity index (χ0) is 10.6. The lowest BCUT2D eigenvalue weighted by atomic mass is 9.96. The average Bonchev–Trinajstić information content (AvgIpc) is 2.85. The van der Waals surface area contributed by atoms with Crippen LogP contribution in [0.1, 0.15) is 6.42 Å². The van der Waals surface area contributed by atoms with Crippen LogP contribution in [-0.2, 0) is 9.59 Å². The van der Waals surface area contributed by atoms with Crippen LogP contribution >= 0.6 is 0 Å². The number of ketones is 1. The van der Waals surface area contributed by atoms with Gasteiger partial charge in [0.1, 0.15) is 11.2 Å². The van der Waals surface area contributed by atoms with E-state index in [0.717, 1.165) is 0 Å². The molecule has 3 nitrogen and oxygen atoms in total. The van der Waals surface area contributed by atoms with Gasteiger partial charge in [-0.05, 0) is 11.8 Å². The van der Waals surface area contributed by atoms with E-state index in [1.165, 1.54) is 0 Å². The summed E-state index contributed by atoms with van der Waals surface area (Å²) in [5.74, 6) is 0.663. The van der Waals surface area contributed by atoms with E-state index in [0.29, 0.717) is 6.42 Å². The van der Waals surface area contributed by atoms with Crippen molar-refractivity contribution in [2.75, 3.05) is 7.05 Å². The van der Waals surface area contributed by atoms with E-state index in [9.17, 15) is 9.59 Å². The molecule has 1 N–H and O–H groups in total. The zero-order valence-corrected chi connectivity index (χ0v) is 8.57. The maximum absolute atomic E-state index is 12.0. The predicted molar refractivity (Wildman–Crippen MR) is 54.9 cm³/mol. The molecular weight excluding hydrogens is 190 g/mol. The van der Waals surface area contributed by atoms with Crippen LogP contribution in [0.2, 0.25) is 0 Å². The van der Waals surface area contributed by atoms with Crippen molar-refractivity contribution in [3.63, 3.8) is 0 Å². The molecule has 3 aliphatic rings. The molecule has 0 aromatic carbocycles. The Morgan fingerprint density at radius 3 is 2.93 bits per heavy atom. The standard InChI is InChI=1S/C12H13NO2/c1-13-11(15)12-8-5-3-2-4-7(10(8)12)6-9(12)14/h2-5,7-8,10H,6H2,1H3,(H,13,15)/t7-,8-,10+,12?/m0/s1. The van der Waals surface area contributed by atoms with Crippen molar-refractivity contribution >= 4 is 11.7 Å². The average molecular weight is 203 g/mol. The minimum atomic E-state index is -0.708. The number of allylic oxidation sites excluding steroid dienone is 4. The molecule has 0 aromatic heterocycles. The molecule has 3 heteroatoms. The van der Waals surface area contributed by atoms with Gasteiger partial charge in [-0.2, -0.15) is 0 Å². The lowest BCUT2D eigenvalue weighted by Gasteiger charge is -2.10. The summed E-state index contributed by atoms with van der Waals surface area (Å²) in [5.41, 5.74) is -0.708. The van der Waals surface area contributed by atoms with Gasteiger partial charge >= 0.3 is 0 Å². The fourth-order valence-corrected chi connectivity index (χ4v) is 3.41. The number of hydrogen-bond acceptors (Lipinski definition) is 2. The van der Waals surface area contributed by atoms with Crippen molar-refractivity contribution < 1.29 is 9.59 Å². The van der Waals surface area contributed by atoms with Crippen LogP contribution in [0.3, 0.4) is 0 Å². The summed E-state index contributed by atoms with van der Waals surface area (Å²) < 4.78 is 0. The van der Waals surface area contributed by atoms with Gasteiger partial charge in [0, 0.05) is 19.4 Å². The Morgan fingerprint density at radius 2 is 2.20 bits per heavy atom. The molecule has 0 aliphatic heterocycles. The van der Waals surface area contributed by atoms with Gasteiger partial charge in [0.05, 0.1) is 0 Å². The summed E-state index contributed by atoms with van der Waals surface area (Å²) >= 11 is 0. The van der Waals surface area contributed by atoms with Crippen molar-refractivity contribution in [3.05, 3.63) is 24.3 Å². The Balaban J connectivity index is 2.06. The van der Waals surface area contributed by atoms with Crippen LogP contribution in [-0.4, -0.2) is 18.7 Å². The highest BCUT2D eigenvalue weighted by Gasteiger charge is 2.77. The fourth-order valence-electron chi connectivity index (χ4n) is 3.41. The molecule has 2 saturated carbocycles. The fraction of sp³-hybridized carbons (Fsp3) is 0.500. The van der Waals surface area contributed by atoms with Crippen molar-refractivity contribution in [2.24, 2.45) is 23.2 Å². The summed E-state index contributed by atoms with van der Waals surface area (Å²) in [6.45, 7) is 0. The molecular formula is C12H13NO2. The van der Waals surface area contributed by atoms with Crippen molar-refractivity contribution in [3.8, 4) is 0 Å². The van der Waals surface area contributed by atoms with Gasteiger partial charge in [-0.3, -0.25) is 9.59 Å². The van der Waals surface area contributed by atoms with Crippen LogP contribution < -0.4 is 5.32 Å². The third kappa shape index (κ3) is 0.822. The molecule has 0 spiro atoms. The van der Waals surface area contributed by atoms with Gasteiger partial charge < -0.3 is 5.32 Å². The molecule has 0 aromatic rings. The summed E-state index contributed by atoms with van der Waals surface area (Å²) in [7, 11) is 1.61. The molecule has 0 saturated heterocycles. The van der Waals surface area contributed by atoms with E-state index in [2.05, 4.69) is 11.4 Å². The maximum Gasteiger partial charge on any atom is 0.234 e. The molecule has 2 fully saturated rings. The predicted octanol–water partition coefficient (Wildman–Crippen LogP) is 0.680. The highest BCUT2D eigenvalue weighted by Crippen LogP contribution is 2.70. The van der Waals surface area contributed by atoms with Gasteiger partial charge in [0.2, 0.25) is 5.91 Å². The Morgan fingerprint density at radius 1 is 1.47 bits per heavy atom. The monoisotopic (exact) mass is 203 g/mol. The zero-order valence-electron chi connectivity index (χ0n) is 8.57. The first-order chi connectivity index (χ1) is 7.22. The first kappa shape index (κ1) is 8.89. The Bertz CT molecular complexity index is 410. The quantitative estimate of drug-likeness (QED) is 0.637. The Labute approximate surface area is 88.2 Å². The number of amides is 1. The van der Waals surface area contributed by atoms with Crippen LogP contribution in [0.5, 0.6) is 0 Å². The summed E-state index contributed by atoms with van der Waals surface area (Å²) in [6, 6.07) is 0. The summed E-state index contributed by atoms with van der Waals surface area (Å²) in [6.07, 6.45) is 8.56. The number of nitrogens with one attached hydrogen (secondary N) is 1. The topological polar surface area (TPSA) is 46.2 Å². The lowest BCUT2D eigenvalue weighted by molar-refractivity contribution is -0.135. The molecule has 0 heterocycles. The smallest absolute Gasteiger partial charge is 0.234 e. The third-order valence-corrected chi connectivity index (χ3v) is 4.06. The van der Waals surface area contributed by atoms with Gasteiger partial charge in [-0.15, -0.1) is 0 Å². The van der Waals surface area contributed by atoms with Crippen LogP contribution in [0.25, 0.3) is 0 Å². The van der Waals surface area contributed by atoms with Gasteiger partial charge in [-0.25, -0.2) is 0 Å². The van der Waals surface area contributed by atoms with Gasteiger partial charge in [-0.1, -0.05) is 24.3 Å². The Kier molecular flexibility index (Phi) is 1.54. The lowest BCUT2D eigenvalue weighted by Crippen LogP contribution is -2.35. The van der Waals surface area contributed by atoms with Crippen LogP contribution in [0.4, 0.5) is 0 Å². The minimum absolute atomic E-state index is 0.0926. The van der Waals surface area contributed by atoms with E-state index in [-0.39, 0.29) is 29.4 Å². The number of carbonyl (C=O) groups excluding carboxylic acids is 2. The number of hydrogen-bond donors (Lipinski definition) is 1. The third-order valence-electron chi connectivity index (χ3n) is 4.06. The molecule has 3 aliphatic carbocycles. The molecule has 0 radical (unpaired) electrons. The summed E-state index contributed by atoms with van der Waals surface area (Å²) in [5, 5.41) is 2.63. The number of Topliss-reactive ketones (excluding diaryl/α,β-unsaturated/α-hetero) is 1. The molecule has 0 bridgehead atoms. The molecule has 1 amide bonds.